The summed E-state index contributed by atoms with van der Waals surface area (Å²) in [5.74, 6) is 0. The van der Waals surface area contributed by atoms with Crippen LogP contribution >= 0.6 is 0 Å². The molecule has 0 spiro atoms. The largest absolute Gasteiger partial charge is 0.391 e. The molecule has 0 aromatic carbocycles. The van der Waals surface area contributed by atoms with Gasteiger partial charge in [0.25, 0.3) is 0 Å². The average molecular weight is 98.2 g/mol. The first-order chi connectivity index (χ1) is 3.41. The van der Waals surface area contributed by atoms with Crippen molar-refractivity contribution in [1.29, 1.82) is 0 Å². The molecule has 1 radical (unpaired) electrons. The Labute approximate surface area is 45.4 Å². The first kappa shape index (κ1) is 6.54. The molecular weight excluding hydrogens is 86.1 g/mol. The van der Waals surface area contributed by atoms with Crippen molar-refractivity contribution in [2.45, 2.75) is 13.3 Å². The van der Waals surface area contributed by atoms with E-state index in [9.17, 15) is 0 Å². The van der Waals surface area contributed by atoms with Gasteiger partial charge in [0.1, 0.15) is 0 Å². The number of hydrogen-bond acceptors (Lipinski definition) is 1. The molecule has 1 nitrogen and oxygen atoms in total. The van der Waals surface area contributed by atoms with Gasteiger partial charge in [-0.25, -0.2) is 0 Å². The summed E-state index contributed by atoms with van der Waals surface area (Å²) in [4.78, 5) is 0. The summed E-state index contributed by atoms with van der Waals surface area (Å²) in [6.07, 6.45) is 4.77. The van der Waals surface area contributed by atoms with Crippen LogP contribution in [0.4, 0.5) is 0 Å². The van der Waals surface area contributed by atoms with E-state index in [1.807, 2.05) is 6.20 Å². The van der Waals surface area contributed by atoms with Gasteiger partial charge in [-0.1, -0.05) is 13.0 Å². The second-order valence-electron chi connectivity index (χ2n) is 1.36. The van der Waals surface area contributed by atoms with Crippen LogP contribution in [-0.2, 0) is 0 Å². The predicted molar refractivity (Wildman–Crippen MR) is 32.8 cm³/mol. The summed E-state index contributed by atoms with van der Waals surface area (Å²) < 4.78 is 0. The molecular formula is C6H12N. The predicted octanol–water partition coefficient (Wildman–Crippen LogP) is 1.33. The highest BCUT2D eigenvalue weighted by Crippen LogP contribution is 1.68. The van der Waals surface area contributed by atoms with Gasteiger partial charge in [0.05, 0.1) is 0 Å². The van der Waals surface area contributed by atoms with Gasteiger partial charge in [-0.15, -0.1) is 0 Å². The molecule has 0 amide bonds. The van der Waals surface area contributed by atoms with Crippen molar-refractivity contribution in [1.82, 2.24) is 5.32 Å². The fourth-order valence-electron chi connectivity index (χ4n) is 0.311. The number of rotatable bonds is 3. The maximum absolute atomic E-state index is 3.51. The topological polar surface area (TPSA) is 12.0 Å². The Morgan fingerprint density at radius 3 is 2.86 bits per heavy atom. The van der Waals surface area contributed by atoms with E-state index in [4.69, 9.17) is 0 Å². The van der Waals surface area contributed by atoms with E-state index in [1.54, 1.807) is 6.08 Å². The summed E-state index contributed by atoms with van der Waals surface area (Å²) in [5.41, 5.74) is 0. The molecule has 0 rings (SSSR count). The first-order valence-electron chi connectivity index (χ1n) is 2.59. The highest BCUT2D eigenvalue weighted by Gasteiger charge is 1.68. The maximum Gasteiger partial charge on any atom is 0.0138 e. The van der Waals surface area contributed by atoms with Gasteiger partial charge >= 0.3 is 0 Å². The van der Waals surface area contributed by atoms with E-state index < -0.39 is 0 Å². The average Bonchev–Trinajstić information content (AvgIpc) is 1.69. The molecule has 0 unspecified atom stereocenters. The molecule has 0 aliphatic carbocycles. The molecule has 0 aliphatic heterocycles. The van der Waals surface area contributed by atoms with E-state index in [0.29, 0.717) is 0 Å². The van der Waals surface area contributed by atoms with Crippen LogP contribution in [0.25, 0.3) is 0 Å². The lowest BCUT2D eigenvalue weighted by Crippen LogP contribution is -2.03. The molecule has 0 aromatic rings. The molecule has 0 aromatic heterocycles. The smallest absolute Gasteiger partial charge is 0.0138 e. The van der Waals surface area contributed by atoms with E-state index >= 15 is 0 Å². The molecule has 1 N–H and O–H groups in total. The second kappa shape index (κ2) is 5.54. The molecule has 0 saturated heterocycles. The van der Waals surface area contributed by atoms with Gasteiger partial charge in [0.15, 0.2) is 0 Å². The van der Waals surface area contributed by atoms with E-state index in [-0.39, 0.29) is 0 Å². The van der Waals surface area contributed by atoms with Crippen molar-refractivity contribution < 1.29 is 0 Å². The van der Waals surface area contributed by atoms with Gasteiger partial charge in [-0.3, -0.25) is 0 Å². The van der Waals surface area contributed by atoms with Crippen LogP contribution in [-0.4, -0.2) is 6.54 Å². The zero-order valence-corrected chi connectivity index (χ0v) is 4.78. The summed E-state index contributed by atoms with van der Waals surface area (Å²) in [7, 11) is 0. The highest BCUT2D eigenvalue weighted by atomic mass is 14.8. The molecule has 0 heterocycles. The Morgan fingerprint density at radius 1 is 1.71 bits per heavy atom. The fourth-order valence-corrected chi connectivity index (χ4v) is 0.311. The minimum Gasteiger partial charge on any atom is -0.391 e. The van der Waals surface area contributed by atoms with Gasteiger partial charge in [0, 0.05) is 6.54 Å². The Morgan fingerprint density at radius 2 is 2.43 bits per heavy atom. The Bertz CT molecular complexity index is 48.1. The van der Waals surface area contributed by atoms with E-state index in [0.717, 1.165) is 6.54 Å². The summed E-state index contributed by atoms with van der Waals surface area (Å²) in [6, 6.07) is 0. The Hall–Kier alpha value is -0.460. The van der Waals surface area contributed by atoms with E-state index in [2.05, 4.69) is 19.2 Å². The van der Waals surface area contributed by atoms with Crippen molar-refractivity contribution in [3.63, 3.8) is 0 Å². The fraction of sp³-hybridized carbons (Fsp3) is 0.500. The summed E-state index contributed by atoms with van der Waals surface area (Å²) >= 11 is 0. The third-order valence-corrected chi connectivity index (χ3v) is 0.630. The van der Waals surface area contributed by atoms with Crippen molar-refractivity contribution in [3.8, 4) is 0 Å². The second-order valence-corrected chi connectivity index (χ2v) is 1.36. The van der Waals surface area contributed by atoms with E-state index in [1.165, 1.54) is 6.42 Å². The quantitative estimate of drug-likeness (QED) is 0.525. The van der Waals surface area contributed by atoms with Gasteiger partial charge in [-0.05, 0) is 19.5 Å². The lowest BCUT2D eigenvalue weighted by atomic mass is 10.5. The van der Waals surface area contributed by atoms with Crippen LogP contribution in [0.5, 0.6) is 0 Å². The van der Waals surface area contributed by atoms with Crippen molar-refractivity contribution >= 4 is 0 Å². The Balaban J connectivity index is 2.69. The summed E-state index contributed by atoms with van der Waals surface area (Å²) in [6.45, 7) is 6.69. The third kappa shape index (κ3) is 5.54. The molecule has 0 saturated carbocycles. The van der Waals surface area contributed by atoms with Crippen molar-refractivity contribution in [2.24, 2.45) is 0 Å². The number of hydrogen-bond donors (Lipinski definition) is 1. The van der Waals surface area contributed by atoms with Crippen LogP contribution in [0.1, 0.15) is 13.3 Å². The van der Waals surface area contributed by atoms with Crippen molar-refractivity contribution in [2.75, 3.05) is 6.54 Å². The molecule has 7 heavy (non-hydrogen) atoms. The Kier molecular flexibility index (Phi) is 5.18. The van der Waals surface area contributed by atoms with Crippen LogP contribution < -0.4 is 5.32 Å². The molecule has 41 valence electrons. The van der Waals surface area contributed by atoms with Crippen LogP contribution in [0.3, 0.4) is 0 Å². The van der Waals surface area contributed by atoms with Crippen LogP contribution in [0.15, 0.2) is 12.3 Å². The molecule has 0 atom stereocenters. The molecule has 0 bridgehead atoms. The lowest BCUT2D eigenvalue weighted by molar-refractivity contribution is 0.809. The van der Waals surface area contributed by atoms with Crippen LogP contribution in [0.2, 0.25) is 0 Å². The lowest BCUT2D eigenvalue weighted by Gasteiger charge is -1.91. The van der Waals surface area contributed by atoms with Gasteiger partial charge < -0.3 is 5.32 Å². The van der Waals surface area contributed by atoms with Crippen LogP contribution in [0, 0.1) is 6.92 Å². The highest BCUT2D eigenvalue weighted by molar-refractivity contribution is 4.80. The number of nitrogens with one attached hydrogen (secondary N) is 1. The maximum atomic E-state index is 3.51. The molecule has 0 fully saturated rings. The van der Waals surface area contributed by atoms with Crippen molar-refractivity contribution in [3.05, 3.63) is 19.2 Å². The monoisotopic (exact) mass is 98.1 g/mol. The zero-order chi connectivity index (χ0) is 5.54. The van der Waals surface area contributed by atoms with Gasteiger partial charge in [-0.2, -0.15) is 0 Å². The van der Waals surface area contributed by atoms with Gasteiger partial charge in [0.2, 0.25) is 0 Å². The SMILES string of the molecule is [CH2]C=CNCCC. The minimum atomic E-state index is 1.05. The molecule has 0 aliphatic rings. The molecule has 1 heteroatoms. The third-order valence-electron chi connectivity index (χ3n) is 0.630. The number of allylic oxidation sites excluding steroid dienone is 1. The summed E-state index contributed by atoms with van der Waals surface area (Å²) in [5, 5.41) is 3.04. The first-order valence-corrected chi connectivity index (χ1v) is 2.59. The standard InChI is InChI=1S/C6H12N/c1-3-5-7-6-4-2/h3,5,7H,1,4,6H2,2H3. The zero-order valence-electron chi connectivity index (χ0n) is 4.78. The normalized spacial score (nSPS) is 10.0. The minimum absolute atomic E-state index is 1.05.